The Labute approximate surface area is 97.6 Å². The van der Waals surface area contributed by atoms with Crippen molar-refractivity contribution in [3.63, 3.8) is 0 Å². The lowest BCUT2D eigenvalue weighted by Gasteiger charge is -2.24. The number of likely N-dealkylation sites (tertiary alicyclic amines) is 1. The van der Waals surface area contributed by atoms with Crippen LogP contribution in [0.2, 0.25) is 0 Å². The lowest BCUT2D eigenvalue weighted by atomic mass is 10.1. The molecule has 0 aromatic heterocycles. The van der Waals surface area contributed by atoms with Crippen molar-refractivity contribution in [3.8, 4) is 0 Å². The van der Waals surface area contributed by atoms with Gasteiger partial charge in [-0.05, 0) is 33.7 Å². The second kappa shape index (κ2) is 5.15. The number of rotatable bonds is 4. The molecule has 0 aromatic carbocycles. The number of nitrogens with zero attached hydrogens (tertiary/aromatic N) is 1. The number of ether oxygens (including phenoxy) is 1. The van der Waals surface area contributed by atoms with Gasteiger partial charge in [0, 0.05) is 13.0 Å². The van der Waals surface area contributed by atoms with Crippen LogP contribution in [0, 0.1) is 0 Å². The SMILES string of the molecule is CCCN1CC(OC(C)(C)C)CC1C(=O)O. The highest BCUT2D eigenvalue weighted by atomic mass is 16.5. The van der Waals surface area contributed by atoms with Gasteiger partial charge >= 0.3 is 5.97 Å². The zero-order valence-corrected chi connectivity index (χ0v) is 10.7. The predicted molar refractivity (Wildman–Crippen MR) is 62.5 cm³/mol. The minimum absolute atomic E-state index is 0.0487. The quantitative estimate of drug-likeness (QED) is 0.797. The van der Waals surface area contributed by atoms with Crippen LogP contribution in [-0.2, 0) is 9.53 Å². The number of carboxylic acid groups (broad SMARTS) is 1. The summed E-state index contributed by atoms with van der Waals surface area (Å²) in [5.41, 5.74) is -0.198. The molecule has 1 aliphatic heterocycles. The van der Waals surface area contributed by atoms with Crippen LogP contribution in [0.25, 0.3) is 0 Å². The summed E-state index contributed by atoms with van der Waals surface area (Å²) in [6.07, 6.45) is 1.63. The minimum atomic E-state index is -0.728. The molecule has 0 aromatic rings. The molecule has 4 heteroatoms. The molecule has 1 rings (SSSR count). The fourth-order valence-corrected chi connectivity index (χ4v) is 2.24. The van der Waals surface area contributed by atoms with Crippen molar-refractivity contribution < 1.29 is 14.6 Å². The van der Waals surface area contributed by atoms with E-state index in [1.54, 1.807) is 0 Å². The normalized spacial score (nSPS) is 27.2. The molecule has 94 valence electrons. The third-order valence-electron chi connectivity index (χ3n) is 2.68. The molecule has 1 heterocycles. The van der Waals surface area contributed by atoms with E-state index in [0.29, 0.717) is 6.42 Å². The Morgan fingerprint density at radius 3 is 2.56 bits per heavy atom. The molecule has 16 heavy (non-hydrogen) atoms. The molecule has 1 saturated heterocycles. The largest absolute Gasteiger partial charge is 0.480 e. The molecule has 0 bridgehead atoms. The van der Waals surface area contributed by atoms with Gasteiger partial charge in [-0.15, -0.1) is 0 Å². The summed E-state index contributed by atoms with van der Waals surface area (Å²) in [5, 5.41) is 9.13. The van der Waals surface area contributed by atoms with E-state index in [0.717, 1.165) is 19.5 Å². The average molecular weight is 229 g/mol. The maximum absolute atomic E-state index is 11.1. The average Bonchev–Trinajstić information content (AvgIpc) is 2.45. The molecule has 4 nitrogen and oxygen atoms in total. The maximum Gasteiger partial charge on any atom is 0.321 e. The Balaban J connectivity index is 2.58. The fourth-order valence-electron chi connectivity index (χ4n) is 2.24. The molecule has 0 spiro atoms. The van der Waals surface area contributed by atoms with Crippen LogP contribution in [-0.4, -0.2) is 46.8 Å². The van der Waals surface area contributed by atoms with E-state index in [1.165, 1.54) is 0 Å². The van der Waals surface area contributed by atoms with Gasteiger partial charge in [-0.1, -0.05) is 6.92 Å². The molecule has 2 unspecified atom stereocenters. The first-order chi connectivity index (χ1) is 7.33. The monoisotopic (exact) mass is 229 g/mol. The van der Waals surface area contributed by atoms with Gasteiger partial charge in [0.2, 0.25) is 0 Å². The summed E-state index contributed by atoms with van der Waals surface area (Å²) in [5.74, 6) is -0.728. The van der Waals surface area contributed by atoms with E-state index in [2.05, 4.69) is 6.92 Å². The van der Waals surface area contributed by atoms with E-state index in [4.69, 9.17) is 9.84 Å². The van der Waals surface area contributed by atoms with Crippen molar-refractivity contribution in [1.82, 2.24) is 4.90 Å². The minimum Gasteiger partial charge on any atom is -0.480 e. The summed E-state index contributed by atoms with van der Waals surface area (Å²) in [6.45, 7) is 9.65. The molecular weight excluding hydrogens is 206 g/mol. The third-order valence-corrected chi connectivity index (χ3v) is 2.68. The lowest BCUT2D eigenvalue weighted by molar-refractivity contribution is -0.142. The standard InChI is InChI=1S/C12H23NO3/c1-5-6-13-8-9(16-12(2,3)4)7-10(13)11(14)15/h9-10H,5-8H2,1-4H3,(H,14,15). The van der Waals surface area contributed by atoms with Gasteiger partial charge < -0.3 is 9.84 Å². The first-order valence-electron chi connectivity index (χ1n) is 5.98. The second-order valence-corrected chi connectivity index (χ2v) is 5.44. The smallest absolute Gasteiger partial charge is 0.321 e. The van der Waals surface area contributed by atoms with Crippen LogP contribution >= 0.6 is 0 Å². The van der Waals surface area contributed by atoms with Crippen LogP contribution in [0.3, 0.4) is 0 Å². The summed E-state index contributed by atoms with van der Waals surface area (Å²) < 4.78 is 5.85. The molecule has 0 amide bonds. The van der Waals surface area contributed by atoms with Gasteiger partial charge in [0.1, 0.15) is 6.04 Å². The van der Waals surface area contributed by atoms with Crippen LogP contribution in [0.1, 0.15) is 40.5 Å². The molecule has 1 fully saturated rings. The zero-order valence-electron chi connectivity index (χ0n) is 10.7. The number of hydrogen-bond acceptors (Lipinski definition) is 3. The predicted octanol–water partition coefficient (Wildman–Crippen LogP) is 1.74. The summed E-state index contributed by atoms with van der Waals surface area (Å²) in [7, 11) is 0. The highest BCUT2D eigenvalue weighted by Gasteiger charge is 2.38. The molecule has 0 radical (unpaired) electrons. The summed E-state index contributed by atoms with van der Waals surface area (Å²) in [6, 6.07) is -0.368. The molecular formula is C12H23NO3. The third kappa shape index (κ3) is 3.76. The highest BCUT2D eigenvalue weighted by molar-refractivity contribution is 5.74. The molecule has 0 saturated carbocycles. The van der Waals surface area contributed by atoms with Crippen LogP contribution < -0.4 is 0 Å². The second-order valence-electron chi connectivity index (χ2n) is 5.44. The van der Waals surface area contributed by atoms with E-state index in [1.807, 2.05) is 25.7 Å². The van der Waals surface area contributed by atoms with Crippen LogP contribution in [0.4, 0.5) is 0 Å². The highest BCUT2D eigenvalue weighted by Crippen LogP contribution is 2.24. The number of carboxylic acids is 1. The maximum atomic E-state index is 11.1. The Kier molecular flexibility index (Phi) is 4.33. The number of hydrogen-bond donors (Lipinski definition) is 1. The molecule has 1 N–H and O–H groups in total. The molecule has 2 atom stereocenters. The van der Waals surface area contributed by atoms with Crippen molar-refractivity contribution in [3.05, 3.63) is 0 Å². The van der Waals surface area contributed by atoms with E-state index in [9.17, 15) is 4.79 Å². The fraction of sp³-hybridized carbons (Fsp3) is 0.917. The van der Waals surface area contributed by atoms with E-state index < -0.39 is 5.97 Å². The Morgan fingerprint density at radius 1 is 1.50 bits per heavy atom. The van der Waals surface area contributed by atoms with Crippen molar-refractivity contribution in [2.75, 3.05) is 13.1 Å². The van der Waals surface area contributed by atoms with Gasteiger partial charge in [0.05, 0.1) is 11.7 Å². The van der Waals surface area contributed by atoms with E-state index >= 15 is 0 Å². The van der Waals surface area contributed by atoms with Gasteiger partial charge in [-0.2, -0.15) is 0 Å². The zero-order chi connectivity index (χ0) is 12.3. The van der Waals surface area contributed by atoms with E-state index in [-0.39, 0.29) is 17.7 Å². The van der Waals surface area contributed by atoms with Gasteiger partial charge in [0.15, 0.2) is 0 Å². The van der Waals surface area contributed by atoms with Crippen LogP contribution in [0.15, 0.2) is 0 Å². The summed E-state index contributed by atoms with van der Waals surface area (Å²) >= 11 is 0. The Hall–Kier alpha value is -0.610. The Morgan fingerprint density at radius 2 is 2.12 bits per heavy atom. The van der Waals surface area contributed by atoms with Crippen molar-refractivity contribution in [2.45, 2.75) is 58.3 Å². The topological polar surface area (TPSA) is 49.8 Å². The number of aliphatic carboxylic acids is 1. The van der Waals surface area contributed by atoms with Gasteiger partial charge in [0.25, 0.3) is 0 Å². The first-order valence-corrected chi connectivity index (χ1v) is 5.98. The number of carbonyl (C=O) groups is 1. The first kappa shape index (κ1) is 13.5. The van der Waals surface area contributed by atoms with Gasteiger partial charge in [-0.3, -0.25) is 9.69 Å². The van der Waals surface area contributed by atoms with Gasteiger partial charge in [-0.25, -0.2) is 0 Å². The Bertz CT molecular complexity index is 247. The van der Waals surface area contributed by atoms with Crippen molar-refractivity contribution in [2.24, 2.45) is 0 Å². The lowest BCUT2D eigenvalue weighted by Crippen LogP contribution is -2.36. The molecule has 0 aliphatic carbocycles. The van der Waals surface area contributed by atoms with Crippen LogP contribution in [0.5, 0.6) is 0 Å². The molecule has 1 aliphatic rings. The van der Waals surface area contributed by atoms with Crippen molar-refractivity contribution in [1.29, 1.82) is 0 Å². The summed E-state index contributed by atoms with van der Waals surface area (Å²) in [4.78, 5) is 13.1. The van der Waals surface area contributed by atoms with Crippen molar-refractivity contribution >= 4 is 5.97 Å².